The molecule has 0 saturated heterocycles. The third-order valence-corrected chi connectivity index (χ3v) is 3.91. The van der Waals surface area contributed by atoms with Crippen molar-refractivity contribution in [3.8, 4) is 0 Å². The number of benzene rings is 1. The fraction of sp³-hybridized carbons (Fsp3) is 0.467. The van der Waals surface area contributed by atoms with Crippen molar-refractivity contribution in [1.29, 1.82) is 0 Å². The molecule has 0 spiro atoms. The van der Waals surface area contributed by atoms with E-state index in [1.54, 1.807) is 10.9 Å². The molecule has 5 nitrogen and oxygen atoms in total. The van der Waals surface area contributed by atoms with Gasteiger partial charge in [-0.15, -0.1) is 0 Å². The Balaban J connectivity index is 1.70. The van der Waals surface area contributed by atoms with Gasteiger partial charge < -0.3 is 4.74 Å². The summed E-state index contributed by atoms with van der Waals surface area (Å²) in [6.45, 7) is 0.592. The largest absolute Gasteiger partial charge is 0.371 e. The third kappa shape index (κ3) is 2.82. The van der Waals surface area contributed by atoms with Crippen LogP contribution in [0.25, 0.3) is 0 Å². The average molecular weight is 273 g/mol. The van der Waals surface area contributed by atoms with Gasteiger partial charge in [-0.1, -0.05) is 43.2 Å². The SMILES string of the molecule is O=c1[nH]ncn1[C@H]1CCCC[C@@H]1OCc1ccccc1. The summed E-state index contributed by atoms with van der Waals surface area (Å²) in [5.74, 6) is 0. The quantitative estimate of drug-likeness (QED) is 0.929. The van der Waals surface area contributed by atoms with Gasteiger partial charge in [0.25, 0.3) is 0 Å². The molecule has 0 radical (unpaired) electrons. The molecule has 2 atom stereocenters. The number of hydrogen-bond acceptors (Lipinski definition) is 3. The van der Waals surface area contributed by atoms with Crippen LogP contribution >= 0.6 is 0 Å². The van der Waals surface area contributed by atoms with E-state index in [9.17, 15) is 4.79 Å². The van der Waals surface area contributed by atoms with Gasteiger partial charge in [0.15, 0.2) is 0 Å². The summed E-state index contributed by atoms with van der Waals surface area (Å²) in [5, 5.41) is 6.28. The maximum Gasteiger partial charge on any atom is 0.343 e. The molecule has 3 rings (SSSR count). The maximum atomic E-state index is 11.7. The molecule has 2 aromatic rings. The second-order valence-electron chi connectivity index (χ2n) is 5.26. The van der Waals surface area contributed by atoms with Gasteiger partial charge in [-0.25, -0.2) is 9.89 Å². The van der Waals surface area contributed by atoms with Gasteiger partial charge in [-0.05, 0) is 18.4 Å². The number of rotatable bonds is 4. The predicted octanol–water partition coefficient (Wildman–Crippen LogP) is 2.27. The summed E-state index contributed by atoms with van der Waals surface area (Å²) < 4.78 is 7.73. The summed E-state index contributed by atoms with van der Waals surface area (Å²) >= 11 is 0. The van der Waals surface area contributed by atoms with Crippen molar-refractivity contribution in [2.75, 3.05) is 0 Å². The second kappa shape index (κ2) is 6.05. The molecule has 1 saturated carbocycles. The van der Waals surface area contributed by atoms with Crippen molar-refractivity contribution >= 4 is 0 Å². The highest BCUT2D eigenvalue weighted by atomic mass is 16.5. The fourth-order valence-electron chi connectivity index (χ4n) is 2.86. The van der Waals surface area contributed by atoms with Crippen LogP contribution in [0.15, 0.2) is 41.5 Å². The Morgan fingerprint density at radius 2 is 2.05 bits per heavy atom. The zero-order valence-electron chi connectivity index (χ0n) is 11.4. The van der Waals surface area contributed by atoms with E-state index in [1.807, 2.05) is 18.2 Å². The molecular weight excluding hydrogens is 254 g/mol. The Kier molecular flexibility index (Phi) is 3.97. The lowest BCUT2D eigenvalue weighted by atomic mass is 9.92. The van der Waals surface area contributed by atoms with Crippen molar-refractivity contribution in [2.24, 2.45) is 0 Å². The van der Waals surface area contributed by atoms with Crippen LogP contribution < -0.4 is 5.69 Å². The standard InChI is InChI=1S/C15H19N3O2/c19-15-17-16-11-18(15)13-8-4-5-9-14(13)20-10-12-6-2-1-3-7-12/h1-3,6-7,11,13-14H,4-5,8-10H2,(H,17,19)/t13-,14-/m0/s1. The molecule has 20 heavy (non-hydrogen) atoms. The molecule has 5 heteroatoms. The van der Waals surface area contributed by atoms with Crippen LogP contribution in [0.4, 0.5) is 0 Å². The number of aromatic amines is 1. The van der Waals surface area contributed by atoms with Gasteiger partial charge in [-0.3, -0.25) is 4.57 Å². The van der Waals surface area contributed by atoms with E-state index in [0.29, 0.717) is 6.61 Å². The molecule has 1 aliphatic carbocycles. The van der Waals surface area contributed by atoms with Crippen LogP contribution in [-0.2, 0) is 11.3 Å². The van der Waals surface area contributed by atoms with Crippen LogP contribution in [0.2, 0.25) is 0 Å². The maximum absolute atomic E-state index is 11.7. The molecule has 106 valence electrons. The van der Waals surface area contributed by atoms with Crippen molar-refractivity contribution < 1.29 is 4.74 Å². The average Bonchev–Trinajstić information content (AvgIpc) is 2.92. The predicted molar refractivity (Wildman–Crippen MR) is 75.4 cm³/mol. The van der Waals surface area contributed by atoms with Gasteiger partial charge in [0.2, 0.25) is 0 Å². The number of nitrogens with zero attached hydrogens (tertiary/aromatic N) is 2. The molecule has 0 amide bonds. The zero-order chi connectivity index (χ0) is 13.8. The summed E-state index contributed by atoms with van der Waals surface area (Å²) in [5.41, 5.74) is 1.02. The van der Waals surface area contributed by atoms with Crippen LogP contribution in [-0.4, -0.2) is 20.9 Å². The van der Waals surface area contributed by atoms with Crippen molar-refractivity contribution in [1.82, 2.24) is 14.8 Å². The van der Waals surface area contributed by atoms with Gasteiger partial charge in [-0.2, -0.15) is 5.10 Å². The lowest BCUT2D eigenvalue weighted by Crippen LogP contribution is -2.34. The van der Waals surface area contributed by atoms with Crippen molar-refractivity contribution in [2.45, 2.75) is 44.4 Å². The molecule has 1 aliphatic rings. The lowest BCUT2D eigenvalue weighted by molar-refractivity contribution is -0.0172. The van der Waals surface area contributed by atoms with E-state index in [1.165, 1.54) is 0 Å². The second-order valence-corrected chi connectivity index (χ2v) is 5.26. The van der Waals surface area contributed by atoms with E-state index < -0.39 is 0 Å². The first-order valence-corrected chi connectivity index (χ1v) is 7.11. The highest BCUT2D eigenvalue weighted by molar-refractivity contribution is 5.13. The fourth-order valence-corrected chi connectivity index (χ4v) is 2.86. The van der Waals surface area contributed by atoms with Crippen molar-refractivity contribution in [3.05, 3.63) is 52.7 Å². The smallest absolute Gasteiger partial charge is 0.343 e. The van der Waals surface area contributed by atoms with E-state index in [4.69, 9.17) is 4.74 Å². The summed E-state index contributed by atoms with van der Waals surface area (Å²) in [4.78, 5) is 11.7. The molecule has 0 bridgehead atoms. The Morgan fingerprint density at radius 3 is 2.80 bits per heavy atom. The highest BCUT2D eigenvalue weighted by Crippen LogP contribution is 2.30. The van der Waals surface area contributed by atoms with E-state index >= 15 is 0 Å². The molecular formula is C15H19N3O2. The molecule has 0 unspecified atom stereocenters. The van der Waals surface area contributed by atoms with E-state index in [-0.39, 0.29) is 17.8 Å². The minimum atomic E-state index is -0.148. The number of aromatic nitrogens is 3. The molecule has 1 heterocycles. The number of H-pyrrole nitrogens is 1. The molecule has 1 fully saturated rings. The lowest BCUT2D eigenvalue weighted by Gasteiger charge is -2.31. The Morgan fingerprint density at radius 1 is 1.25 bits per heavy atom. The minimum absolute atomic E-state index is 0.0826. The first-order chi connectivity index (χ1) is 9.84. The Bertz CT molecular complexity index is 590. The van der Waals surface area contributed by atoms with Gasteiger partial charge in [0.05, 0.1) is 18.8 Å². The molecule has 1 aromatic carbocycles. The van der Waals surface area contributed by atoms with Gasteiger partial charge in [0.1, 0.15) is 6.33 Å². The highest BCUT2D eigenvalue weighted by Gasteiger charge is 2.28. The number of nitrogens with one attached hydrogen (secondary N) is 1. The van der Waals surface area contributed by atoms with Crippen LogP contribution in [0.1, 0.15) is 37.3 Å². The number of ether oxygens (including phenoxy) is 1. The van der Waals surface area contributed by atoms with Crippen LogP contribution in [0, 0.1) is 0 Å². The number of hydrogen-bond donors (Lipinski definition) is 1. The van der Waals surface area contributed by atoms with E-state index in [0.717, 1.165) is 31.2 Å². The van der Waals surface area contributed by atoms with Crippen molar-refractivity contribution in [3.63, 3.8) is 0 Å². The zero-order valence-corrected chi connectivity index (χ0v) is 11.4. The summed E-state index contributed by atoms with van der Waals surface area (Å²) in [6, 6.07) is 10.2. The molecule has 1 N–H and O–H groups in total. The third-order valence-electron chi connectivity index (χ3n) is 3.91. The molecule has 0 aliphatic heterocycles. The van der Waals surface area contributed by atoms with Crippen LogP contribution in [0.3, 0.4) is 0 Å². The molecule has 1 aromatic heterocycles. The topological polar surface area (TPSA) is 59.9 Å². The Hall–Kier alpha value is -1.88. The van der Waals surface area contributed by atoms with E-state index in [2.05, 4.69) is 22.3 Å². The first-order valence-electron chi connectivity index (χ1n) is 7.11. The van der Waals surface area contributed by atoms with Crippen LogP contribution in [0.5, 0.6) is 0 Å². The van der Waals surface area contributed by atoms with Gasteiger partial charge in [0, 0.05) is 0 Å². The van der Waals surface area contributed by atoms with Gasteiger partial charge >= 0.3 is 5.69 Å². The minimum Gasteiger partial charge on any atom is -0.371 e. The first kappa shape index (κ1) is 13.1. The summed E-state index contributed by atoms with van der Waals surface area (Å²) in [6.07, 6.45) is 5.92. The Labute approximate surface area is 117 Å². The normalized spacial score (nSPS) is 22.8. The monoisotopic (exact) mass is 273 g/mol. The summed E-state index contributed by atoms with van der Waals surface area (Å²) in [7, 11) is 0.